The summed E-state index contributed by atoms with van der Waals surface area (Å²) in [7, 11) is 0. The molecule has 0 spiro atoms. The van der Waals surface area contributed by atoms with Gasteiger partial charge in [0.2, 0.25) is 5.88 Å². The molecule has 0 saturated carbocycles. The van der Waals surface area contributed by atoms with Crippen molar-refractivity contribution in [2.45, 2.75) is 0 Å². The first-order chi connectivity index (χ1) is 13.7. The van der Waals surface area contributed by atoms with Crippen molar-refractivity contribution < 1.29 is 5.11 Å². The monoisotopic (exact) mass is 366 g/mol. The van der Waals surface area contributed by atoms with Crippen LogP contribution in [-0.4, -0.2) is 20.9 Å². The largest absolute Gasteiger partial charge is 0.494 e. The fourth-order valence-electron chi connectivity index (χ4n) is 2.95. The number of nitrogens with zero attached hydrogens (tertiary/aromatic N) is 4. The number of hydrogen-bond acceptors (Lipinski definition) is 5. The van der Waals surface area contributed by atoms with Crippen molar-refractivity contribution in [3.05, 3.63) is 94.4 Å². The van der Waals surface area contributed by atoms with E-state index in [1.54, 1.807) is 72.9 Å². The Morgan fingerprint density at radius 3 is 2.39 bits per heavy atom. The third kappa shape index (κ3) is 3.02. The van der Waals surface area contributed by atoms with Gasteiger partial charge in [-0.05, 0) is 42.5 Å². The van der Waals surface area contributed by atoms with Crippen LogP contribution < -0.4 is 5.56 Å². The molecule has 0 unspecified atom stereocenters. The number of fused-ring (bicyclic) bond motifs is 1. The van der Waals surface area contributed by atoms with E-state index in [2.05, 4.69) is 16.0 Å². The fourth-order valence-corrected chi connectivity index (χ4v) is 2.95. The summed E-state index contributed by atoms with van der Waals surface area (Å²) in [5.41, 5.74) is 1.21. The Morgan fingerprint density at radius 1 is 1.00 bits per heavy atom. The van der Waals surface area contributed by atoms with Gasteiger partial charge in [0.25, 0.3) is 5.56 Å². The molecule has 4 rings (SSSR count). The molecule has 0 atom stereocenters. The minimum atomic E-state index is -0.359. The zero-order valence-corrected chi connectivity index (χ0v) is 14.6. The van der Waals surface area contributed by atoms with E-state index < -0.39 is 0 Å². The Bertz CT molecular complexity index is 1280. The number of pyridine rings is 2. The molecule has 0 fully saturated rings. The predicted molar refractivity (Wildman–Crippen MR) is 107 cm³/mol. The van der Waals surface area contributed by atoms with E-state index in [1.807, 2.05) is 0 Å². The lowest BCUT2D eigenvalue weighted by molar-refractivity contribution is 0.435. The summed E-state index contributed by atoms with van der Waals surface area (Å²) in [5.74, 6) is 0.0866. The highest BCUT2D eigenvalue weighted by Crippen LogP contribution is 2.26. The zero-order chi connectivity index (χ0) is 19.5. The van der Waals surface area contributed by atoms with Gasteiger partial charge >= 0.3 is 0 Å². The normalized spacial score (nSPS) is 11.0. The van der Waals surface area contributed by atoms with Gasteiger partial charge in [-0.3, -0.25) is 9.79 Å². The Morgan fingerprint density at radius 2 is 1.71 bits per heavy atom. The van der Waals surface area contributed by atoms with Crippen LogP contribution in [0.2, 0.25) is 0 Å². The van der Waals surface area contributed by atoms with Crippen molar-refractivity contribution in [2.24, 2.45) is 4.99 Å². The molecular weight excluding hydrogens is 352 g/mol. The number of aromatic nitrogens is 2. The molecule has 0 radical (unpaired) electrons. The summed E-state index contributed by atoms with van der Waals surface area (Å²) in [5, 5.41) is 20.8. The summed E-state index contributed by atoms with van der Waals surface area (Å²) < 4.78 is 1.17. The fraction of sp³-hybridized carbons (Fsp3) is 0. The van der Waals surface area contributed by atoms with Crippen molar-refractivity contribution in [3.8, 4) is 17.8 Å². The van der Waals surface area contributed by atoms with E-state index >= 15 is 0 Å². The van der Waals surface area contributed by atoms with Gasteiger partial charge in [0.05, 0.1) is 22.9 Å². The van der Waals surface area contributed by atoms with Crippen LogP contribution in [0.15, 0.2) is 82.7 Å². The van der Waals surface area contributed by atoms with Crippen LogP contribution in [-0.2, 0) is 0 Å². The smallest absolute Gasteiger partial charge is 0.267 e. The first-order valence-corrected chi connectivity index (χ1v) is 8.51. The lowest BCUT2D eigenvalue weighted by Gasteiger charge is -2.12. The van der Waals surface area contributed by atoms with Crippen molar-refractivity contribution in [3.63, 3.8) is 0 Å². The van der Waals surface area contributed by atoms with Crippen molar-refractivity contribution in [1.82, 2.24) is 9.55 Å². The lowest BCUT2D eigenvalue weighted by Crippen LogP contribution is -2.20. The number of rotatable bonds is 3. The highest BCUT2D eigenvalue weighted by atomic mass is 16.3. The van der Waals surface area contributed by atoms with E-state index in [9.17, 15) is 9.90 Å². The quantitative estimate of drug-likeness (QED) is 0.560. The van der Waals surface area contributed by atoms with E-state index in [-0.39, 0.29) is 11.4 Å². The number of hydrogen-bond donors (Lipinski definition) is 1. The van der Waals surface area contributed by atoms with E-state index in [0.29, 0.717) is 33.4 Å². The number of aromatic hydroxyl groups is 1. The molecule has 2 aromatic carbocycles. The van der Waals surface area contributed by atoms with Gasteiger partial charge in [-0.15, -0.1) is 0 Å². The molecular formula is C22H14N4O2. The topological polar surface area (TPSA) is 91.3 Å². The van der Waals surface area contributed by atoms with Gasteiger partial charge in [-0.25, -0.2) is 9.55 Å². The first-order valence-electron chi connectivity index (χ1n) is 8.51. The summed E-state index contributed by atoms with van der Waals surface area (Å²) in [6.45, 7) is 0. The standard InChI is InChI=1S/C22H14N4O2/c23-13-15-8-10-16(11-9-15)25-14-19-17-5-1-2-6-18(17)21(27)26(22(19)28)20-7-3-4-12-24-20/h1-12,14,28H. The minimum Gasteiger partial charge on any atom is -0.494 e. The molecule has 6 nitrogen and oxygen atoms in total. The summed E-state index contributed by atoms with van der Waals surface area (Å²) in [4.78, 5) is 21.5. The Kier molecular flexibility index (Phi) is 4.40. The summed E-state index contributed by atoms with van der Waals surface area (Å²) in [6, 6.07) is 21.0. The Balaban J connectivity index is 1.93. The molecule has 0 aliphatic heterocycles. The number of benzene rings is 2. The molecule has 0 saturated heterocycles. The van der Waals surface area contributed by atoms with Crippen LogP contribution in [0.1, 0.15) is 11.1 Å². The van der Waals surface area contributed by atoms with E-state index in [1.165, 1.54) is 10.8 Å². The molecule has 28 heavy (non-hydrogen) atoms. The molecule has 134 valence electrons. The maximum Gasteiger partial charge on any atom is 0.267 e. The molecule has 4 aromatic rings. The van der Waals surface area contributed by atoms with Gasteiger partial charge in [-0.2, -0.15) is 5.26 Å². The molecule has 2 heterocycles. The van der Waals surface area contributed by atoms with Crippen LogP contribution in [0, 0.1) is 11.3 Å². The van der Waals surface area contributed by atoms with E-state index in [4.69, 9.17) is 5.26 Å². The zero-order valence-electron chi connectivity index (χ0n) is 14.6. The third-order valence-electron chi connectivity index (χ3n) is 4.32. The second kappa shape index (κ2) is 7.17. The van der Waals surface area contributed by atoms with E-state index in [0.717, 1.165) is 0 Å². The van der Waals surface area contributed by atoms with Gasteiger partial charge in [0, 0.05) is 23.2 Å². The molecule has 6 heteroatoms. The van der Waals surface area contributed by atoms with Crippen LogP contribution in [0.5, 0.6) is 5.88 Å². The van der Waals surface area contributed by atoms with Gasteiger partial charge in [0.15, 0.2) is 0 Å². The second-order valence-electron chi connectivity index (χ2n) is 6.03. The molecule has 0 amide bonds. The highest BCUT2D eigenvalue weighted by Gasteiger charge is 2.16. The molecule has 0 aliphatic carbocycles. The lowest BCUT2D eigenvalue weighted by atomic mass is 10.1. The number of nitriles is 1. The van der Waals surface area contributed by atoms with Gasteiger partial charge < -0.3 is 5.11 Å². The summed E-state index contributed by atoms with van der Waals surface area (Å²) >= 11 is 0. The molecule has 0 bridgehead atoms. The second-order valence-corrected chi connectivity index (χ2v) is 6.03. The first kappa shape index (κ1) is 17.2. The van der Waals surface area contributed by atoms with Gasteiger partial charge in [-0.1, -0.05) is 24.3 Å². The maximum atomic E-state index is 12.9. The average Bonchev–Trinajstić information content (AvgIpc) is 2.75. The predicted octanol–water partition coefficient (Wildman–Crippen LogP) is 3.71. The SMILES string of the molecule is N#Cc1ccc(N=Cc2c(O)n(-c3ccccn3)c(=O)c3ccccc23)cc1. The van der Waals surface area contributed by atoms with Crippen LogP contribution in [0.3, 0.4) is 0 Å². The minimum absolute atomic E-state index is 0.236. The Hall–Kier alpha value is -4.24. The van der Waals surface area contributed by atoms with Crippen LogP contribution in [0.4, 0.5) is 5.69 Å². The van der Waals surface area contributed by atoms with Crippen LogP contribution >= 0.6 is 0 Å². The molecule has 1 N–H and O–H groups in total. The average molecular weight is 366 g/mol. The molecule has 0 aliphatic rings. The maximum absolute atomic E-state index is 12.9. The molecule has 2 aromatic heterocycles. The third-order valence-corrected chi connectivity index (χ3v) is 4.32. The van der Waals surface area contributed by atoms with Crippen molar-refractivity contribution >= 4 is 22.7 Å². The Labute approximate surface area is 160 Å². The highest BCUT2D eigenvalue weighted by molar-refractivity contribution is 6.02. The van der Waals surface area contributed by atoms with Crippen molar-refractivity contribution in [2.75, 3.05) is 0 Å². The summed E-state index contributed by atoms with van der Waals surface area (Å²) in [6.07, 6.45) is 3.07. The van der Waals surface area contributed by atoms with Gasteiger partial charge in [0.1, 0.15) is 5.82 Å². The van der Waals surface area contributed by atoms with Crippen LogP contribution in [0.25, 0.3) is 16.6 Å². The van der Waals surface area contributed by atoms with Crippen molar-refractivity contribution in [1.29, 1.82) is 5.26 Å². The number of aliphatic imine (C=N–C) groups is 1.